The zero-order valence-electron chi connectivity index (χ0n) is 9.71. The van der Waals surface area contributed by atoms with Crippen LogP contribution in [0.4, 0.5) is 0 Å². The lowest BCUT2D eigenvalue weighted by Gasteiger charge is -2.50. The monoisotopic (exact) mass is 231 g/mol. The molecule has 3 saturated heterocycles. The van der Waals surface area contributed by atoms with Gasteiger partial charge in [-0.15, -0.1) is 0 Å². The maximum Gasteiger partial charge on any atom is 0.133 e. The van der Waals surface area contributed by atoms with Crippen LogP contribution in [0.5, 0.6) is 0 Å². The van der Waals surface area contributed by atoms with Gasteiger partial charge in [-0.1, -0.05) is 24.3 Å². The molecule has 2 unspecified atom stereocenters. The van der Waals surface area contributed by atoms with E-state index in [1.165, 1.54) is 0 Å². The minimum atomic E-state index is -0.873. The topological polar surface area (TPSA) is 43.7 Å². The second-order valence-corrected chi connectivity index (χ2v) is 5.62. The van der Waals surface area contributed by atoms with Crippen LogP contribution in [0, 0.1) is 5.92 Å². The van der Waals surface area contributed by atoms with E-state index in [0.29, 0.717) is 5.92 Å². The minimum absolute atomic E-state index is 0.118. The summed E-state index contributed by atoms with van der Waals surface area (Å²) >= 11 is 0. The van der Waals surface area contributed by atoms with E-state index in [9.17, 15) is 10.2 Å². The highest BCUT2D eigenvalue weighted by Crippen LogP contribution is 2.55. The van der Waals surface area contributed by atoms with Crippen LogP contribution in [0.2, 0.25) is 0 Å². The van der Waals surface area contributed by atoms with Crippen molar-refractivity contribution in [1.82, 2.24) is 4.90 Å². The highest BCUT2D eigenvalue weighted by molar-refractivity contribution is 5.58. The lowest BCUT2D eigenvalue weighted by Crippen LogP contribution is -2.62. The van der Waals surface area contributed by atoms with Gasteiger partial charge in [-0.25, -0.2) is 0 Å². The summed E-state index contributed by atoms with van der Waals surface area (Å²) in [5.41, 5.74) is 1.15. The van der Waals surface area contributed by atoms with Crippen LogP contribution < -0.4 is 0 Å². The second kappa shape index (κ2) is 3.10. The molecule has 3 heteroatoms. The first-order valence-electron chi connectivity index (χ1n) is 6.47. The molecule has 2 atom stereocenters. The van der Waals surface area contributed by atoms with Gasteiger partial charge in [0.05, 0.1) is 12.1 Å². The van der Waals surface area contributed by atoms with Gasteiger partial charge < -0.3 is 10.2 Å². The smallest absolute Gasteiger partial charge is 0.133 e. The molecule has 2 bridgehead atoms. The fourth-order valence-electron chi connectivity index (χ4n) is 3.91. The number of hydrogen-bond acceptors (Lipinski definition) is 3. The van der Waals surface area contributed by atoms with Crippen molar-refractivity contribution in [2.24, 2.45) is 5.92 Å². The van der Waals surface area contributed by atoms with Gasteiger partial charge in [0.15, 0.2) is 0 Å². The normalized spacial score (nSPS) is 41.1. The molecule has 3 heterocycles. The van der Waals surface area contributed by atoms with Crippen molar-refractivity contribution < 1.29 is 10.2 Å². The van der Waals surface area contributed by atoms with E-state index in [2.05, 4.69) is 4.90 Å². The van der Waals surface area contributed by atoms with Crippen molar-refractivity contribution in [2.45, 2.75) is 30.6 Å². The molecule has 0 aromatic heterocycles. The highest BCUT2D eigenvalue weighted by Gasteiger charge is 2.61. The molecule has 1 aliphatic carbocycles. The zero-order valence-corrected chi connectivity index (χ0v) is 9.71. The number of aliphatic hydroxyl groups is 2. The van der Waals surface area contributed by atoms with Gasteiger partial charge in [-0.05, 0) is 43.0 Å². The summed E-state index contributed by atoms with van der Waals surface area (Å²) in [6.07, 6.45) is 1.77. The van der Waals surface area contributed by atoms with Crippen LogP contribution in [-0.4, -0.2) is 40.3 Å². The number of rotatable bonds is 1. The Morgan fingerprint density at radius 2 is 1.71 bits per heavy atom. The van der Waals surface area contributed by atoms with E-state index >= 15 is 0 Å². The number of fused-ring (bicyclic) bond motifs is 4. The van der Waals surface area contributed by atoms with E-state index in [1.54, 1.807) is 0 Å². The average molecular weight is 231 g/mol. The third kappa shape index (κ3) is 1.12. The Balaban J connectivity index is 1.73. The molecule has 3 aliphatic heterocycles. The summed E-state index contributed by atoms with van der Waals surface area (Å²) in [5.74, 6) is 0.380. The fraction of sp³-hybridized carbons (Fsp3) is 0.571. The van der Waals surface area contributed by atoms with Crippen LogP contribution in [-0.2, 0) is 5.60 Å². The van der Waals surface area contributed by atoms with Crippen LogP contribution >= 0.6 is 0 Å². The van der Waals surface area contributed by atoms with E-state index in [1.807, 2.05) is 24.3 Å². The van der Waals surface area contributed by atoms with Crippen molar-refractivity contribution in [3.05, 3.63) is 35.4 Å². The molecule has 0 amide bonds. The molecular formula is C14H17NO2. The van der Waals surface area contributed by atoms with Gasteiger partial charge in [0.2, 0.25) is 0 Å². The summed E-state index contributed by atoms with van der Waals surface area (Å²) < 4.78 is 0. The van der Waals surface area contributed by atoms with Gasteiger partial charge in [0.25, 0.3) is 0 Å². The molecule has 2 N–H and O–H groups in total. The fourth-order valence-corrected chi connectivity index (χ4v) is 3.91. The number of piperidine rings is 3. The molecule has 3 nitrogen and oxygen atoms in total. The summed E-state index contributed by atoms with van der Waals surface area (Å²) in [6.45, 7) is 2.03. The Kier molecular flexibility index (Phi) is 1.84. The second-order valence-electron chi connectivity index (χ2n) is 5.62. The van der Waals surface area contributed by atoms with E-state index in [0.717, 1.165) is 37.1 Å². The highest BCUT2D eigenvalue weighted by atomic mass is 16.3. The van der Waals surface area contributed by atoms with Gasteiger partial charge >= 0.3 is 0 Å². The maximum atomic E-state index is 10.8. The SMILES string of the molecule is OC1C2CCN(CC2)C1C1(O)c2ccccc21. The molecule has 90 valence electrons. The van der Waals surface area contributed by atoms with E-state index in [4.69, 9.17) is 0 Å². The van der Waals surface area contributed by atoms with Crippen molar-refractivity contribution in [2.75, 3.05) is 13.1 Å². The van der Waals surface area contributed by atoms with Crippen molar-refractivity contribution in [3.8, 4) is 0 Å². The molecule has 3 fully saturated rings. The lowest BCUT2D eigenvalue weighted by molar-refractivity contribution is -0.130. The van der Waals surface area contributed by atoms with Gasteiger partial charge in [0, 0.05) is 0 Å². The minimum Gasteiger partial charge on any atom is -0.391 e. The predicted octanol–water partition coefficient (Wildman–Crippen LogP) is 0.691. The van der Waals surface area contributed by atoms with Gasteiger partial charge in [-0.3, -0.25) is 4.90 Å². The first-order valence-corrected chi connectivity index (χ1v) is 6.47. The third-order valence-electron chi connectivity index (χ3n) is 4.89. The van der Waals surface area contributed by atoms with E-state index in [-0.39, 0.29) is 12.1 Å². The van der Waals surface area contributed by atoms with Crippen LogP contribution in [0.3, 0.4) is 0 Å². The van der Waals surface area contributed by atoms with Crippen molar-refractivity contribution in [3.63, 3.8) is 0 Å². The molecule has 5 rings (SSSR count). The number of hydrogen-bond donors (Lipinski definition) is 2. The molecule has 0 radical (unpaired) electrons. The van der Waals surface area contributed by atoms with Crippen molar-refractivity contribution >= 4 is 0 Å². The summed E-state index contributed by atoms with van der Waals surface area (Å²) in [6, 6.07) is 7.75. The number of aliphatic hydroxyl groups excluding tert-OH is 1. The van der Waals surface area contributed by atoms with Crippen molar-refractivity contribution in [1.29, 1.82) is 0 Å². The van der Waals surface area contributed by atoms with Crippen LogP contribution in [0.1, 0.15) is 24.0 Å². The Morgan fingerprint density at radius 1 is 1.12 bits per heavy atom. The van der Waals surface area contributed by atoms with Crippen LogP contribution in [0.15, 0.2) is 24.3 Å². The molecule has 1 aromatic rings. The number of benzene rings is 1. The Hall–Kier alpha value is -0.900. The quantitative estimate of drug-likeness (QED) is 0.747. The predicted molar refractivity (Wildman–Crippen MR) is 63.5 cm³/mol. The summed E-state index contributed by atoms with van der Waals surface area (Å²) in [4.78, 5) is 2.27. The Labute approximate surface area is 101 Å². The Morgan fingerprint density at radius 3 is 2.24 bits per heavy atom. The Bertz CT molecular complexity index is 440. The van der Waals surface area contributed by atoms with Gasteiger partial charge in [-0.2, -0.15) is 0 Å². The first kappa shape index (κ1) is 10.1. The zero-order chi connectivity index (χ0) is 11.6. The van der Waals surface area contributed by atoms with Crippen LogP contribution in [0.25, 0.3) is 0 Å². The molecule has 1 aromatic carbocycles. The maximum absolute atomic E-state index is 10.8. The average Bonchev–Trinajstić information content (AvgIpc) is 2.98. The van der Waals surface area contributed by atoms with Gasteiger partial charge in [0.1, 0.15) is 5.60 Å². The summed E-state index contributed by atoms with van der Waals surface area (Å²) in [7, 11) is 0. The first-order chi connectivity index (χ1) is 8.23. The molecule has 17 heavy (non-hydrogen) atoms. The third-order valence-corrected chi connectivity index (χ3v) is 4.89. The summed E-state index contributed by atoms with van der Waals surface area (Å²) in [5, 5.41) is 21.2. The van der Waals surface area contributed by atoms with E-state index < -0.39 is 5.60 Å². The molecule has 0 spiro atoms. The standard InChI is InChI=1S/C14H17NO2/c16-12-9-5-7-15(8-6-9)13(12)14(17)10-3-1-2-4-11(10)14/h1-4,9,12-13,16-17H,5-8H2. The number of nitrogens with zero attached hydrogens (tertiary/aromatic N) is 1. The molecule has 0 saturated carbocycles. The lowest BCUT2D eigenvalue weighted by atomic mass is 9.77. The molecular weight excluding hydrogens is 214 g/mol. The largest absolute Gasteiger partial charge is 0.391 e. The molecule has 4 aliphatic rings.